The van der Waals surface area contributed by atoms with Gasteiger partial charge in [0.15, 0.2) is 0 Å². The summed E-state index contributed by atoms with van der Waals surface area (Å²) in [6.07, 6.45) is 9.97. The first kappa shape index (κ1) is 23.2. The zero-order valence-electron chi connectivity index (χ0n) is 18.3. The van der Waals surface area contributed by atoms with Crippen LogP contribution in [-0.2, 0) is 34.5 Å². The van der Waals surface area contributed by atoms with Crippen LogP contribution in [-0.4, -0.2) is 23.9 Å². The van der Waals surface area contributed by atoms with E-state index in [1.807, 2.05) is 35.0 Å². The smallest absolute Gasteiger partial charge is 0.244 e. The molecule has 0 bridgehead atoms. The molecule has 0 fully saturated rings. The van der Waals surface area contributed by atoms with Crippen molar-refractivity contribution >= 4 is 22.0 Å². The summed E-state index contributed by atoms with van der Waals surface area (Å²) in [5.74, 6) is 0.291. The third kappa shape index (κ3) is 6.53. The van der Waals surface area contributed by atoms with Gasteiger partial charge >= 0.3 is 0 Å². The van der Waals surface area contributed by atoms with E-state index >= 15 is 0 Å². The topological polar surface area (TPSA) is 106 Å². The average Bonchev–Trinajstić information content (AvgIpc) is 3.56. The summed E-state index contributed by atoms with van der Waals surface area (Å²) >= 11 is 0. The van der Waals surface area contributed by atoms with E-state index in [0.717, 1.165) is 17.7 Å². The Morgan fingerprint density at radius 1 is 1.00 bits per heavy atom. The minimum atomic E-state index is -3.66. The van der Waals surface area contributed by atoms with Gasteiger partial charge in [-0.05, 0) is 47.0 Å². The molecule has 0 atom stereocenters. The van der Waals surface area contributed by atoms with Gasteiger partial charge in [0.25, 0.3) is 0 Å². The zero-order valence-corrected chi connectivity index (χ0v) is 19.1. The summed E-state index contributed by atoms with van der Waals surface area (Å²) in [5, 5.41) is 2.84. The van der Waals surface area contributed by atoms with Gasteiger partial charge < -0.3 is 14.3 Å². The molecule has 4 rings (SSSR count). The summed E-state index contributed by atoms with van der Waals surface area (Å²) in [6.45, 7) is 1.23. The van der Waals surface area contributed by atoms with Crippen molar-refractivity contribution in [3.05, 3.63) is 114 Å². The molecule has 2 aromatic carbocycles. The van der Waals surface area contributed by atoms with E-state index < -0.39 is 10.0 Å². The first-order chi connectivity index (χ1) is 16.5. The van der Waals surface area contributed by atoms with Crippen LogP contribution in [0.4, 0.5) is 0 Å². The Morgan fingerprint density at radius 2 is 1.76 bits per heavy atom. The van der Waals surface area contributed by atoms with Crippen molar-refractivity contribution in [2.24, 2.45) is 0 Å². The number of aromatic nitrogens is 2. The van der Waals surface area contributed by atoms with Crippen LogP contribution < -0.4 is 10.0 Å². The van der Waals surface area contributed by atoms with Crippen molar-refractivity contribution in [1.29, 1.82) is 0 Å². The summed E-state index contributed by atoms with van der Waals surface area (Å²) in [6, 6.07) is 17.7. The molecule has 0 radical (unpaired) electrons. The molecule has 0 saturated heterocycles. The Balaban J connectivity index is 1.25. The summed E-state index contributed by atoms with van der Waals surface area (Å²) < 4.78 is 34.4. The van der Waals surface area contributed by atoms with Crippen molar-refractivity contribution in [2.75, 3.05) is 0 Å². The minimum Gasteiger partial charge on any atom is -0.468 e. The lowest BCUT2D eigenvalue weighted by Gasteiger charge is -2.06. The number of benzene rings is 2. The number of carbonyl (C=O) groups excluding carboxylic acids is 1. The molecule has 174 valence electrons. The third-order valence-corrected chi connectivity index (χ3v) is 6.47. The van der Waals surface area contributed by atoms with Crippen molar-refractivity contribution in [2.45, 2.75) is 24.5 Å². The maximum Gasteiger partial charge on any atom is 0.244 e. The highest BCUT2D eigenvalue weighted by Gasteiger charge is 2.14. The number of carbonyl (C=O) groups is 1. The molecule has 9 heteroatoms. The number of hydrogen-bond donors (Lipinski definition) is 2. The van der Waals surface area contributed by atoms with E-state index in [4.69, 9.17) is 4.42 Å². The number of nitrogens with one attached hydrogen (secondary N) is 2. The van der Waals surface area contributed by atoms with Crippen LogP contribution in [0.1, 0.15) is 22.5 Å². The molecule has 2 N–H and O–H groups in total. The van der Waals surface area contributed by atoms with E-state index in [2.05, 4.69) is 15.0 Å². The average molecular weight is 477 g/mol. The largest absolute Gasteiger partial charge is 0.468 e. The fraction of sp³-hybridized carbons (Fsp3) is 0.120. The van der Waals surface area contributed by atoms with E-state index in [9.17, 15) is 13.2 Å². The van der Waals surface area contributed by atoms with Crippen molar-refractivity contribution < 1.29 is 17.6 Å². The van der Waals surface area contributed by atoms with E-state index in [0.29, 0.717) is 17.9 Å². The molecule has 0 aliphatic carbocycles. The molecule has 8 nitrogen and oxygen atoms in total. The van der Waals surface area contributed by atoms with Crippen molar-refractivity contribution in [3.8, 4) is 0 Å². The second-order valence-electron chi connectivity index (χ2n) is 7.58. The van der Waals surface area contributed by atoms with E-state index in [1.165, 1.54) is 24.5 Å². The molecule has 2 aromatic heterocycles. The predicted molar refractivity (Wildman–Crippen MR) is 128 cm³/mol. The maximum absolute atomic E-state index is 12.4. The number of imidazole rings is 1. The fourth-order valence-corrected chi connectivity index (χ4v) is 4.19. The van der Waals surface area contributed by atoms with Gasteiger partial charge in [0, 0.05) is 31.6 Å². The predicted octanol–water partition coefficient (Wildman–Crippen LogP) is 3.33. The number of hydrogen-bond acceptors (Lipinski definition) is 5. The number of sulfonamides is 1. The lowest BCUT2D eigenvalue weighted by atomic mass is 10.1. The highest BCUT2D eigenvalue weighted by atomic mass is 32.2. The van der Waals surface area contributed by atoms with Crippen LogP contribution >= 0.6 is 0 Å². The van der Waals surface area contributed by atoms with Crippen LogP contribution in [0.3, 0.4) is 0 Å². The lowest BCUT2D eigenvalue weighted by molar-refractivity contribution is -0.116. The SMILES string of the molecule is O=C(/C=C/c1ccc(S(=O)(=O)NCc2ccco2)cc1)NCc1ccc(Cn2ccnc2)cc1. The second kappa shape index (κ2) is 10.8. The number of nitrogens with zero attached hydrogens (tertiary/aromatic N) is 2. The summed E-state index contributed by atoms with van der Waals surface area (Å²) in [4.78, 5) is 16.3. The van der Waals surface area contributed by atoms with Gasteiger partial charge in [-0.1, -0.05) is 36.4 Å². The molecule has 0 unspecified atom stereocenters. The van der Waals surface area contributed by atoms with Crippen LogP contribution in [0.25, 0.3) is 6.08 Å². The summed E-state index contributed by atoms with van der Waals surface area (Å²) in [7, 11) is -3.66. The van der Waals surface area contributed by atoms with Crippen LogP contribution in [0, 0.1) is 0 Å². The number of rotatable bonds is 10. The Labute approximate surface area is 198 Å². The van der Waals surface area contributed by atoms with Gasteiger partial charge in [-0.15, -0.1) is 0 Å². The first-order valence-electron chi connectivity index (χ1n) is 10.6. The summed E-state index contributed by atoms with van der Waals surface area (Å²) in [5.41, 5.74) is 2.85. The Morgan fingerprint density at radius 3 is 2.44 bits per heavy atom. The third-order valence-electron chi connectivity index (χ3n) is 5.05. The molecule has 4 aromatic rings. The monoisotopic (exact) mass is 476 g/mol. The van der Waals surface area contributed by atoms with Gasteiger partial charge in [-0.25, -0.2) is 18.1 Å². The quantitative estimate of drug-likeness (QED) is 0.342. The number of amides is 1. The zero-order chi connectivity index (χ0) is 23.8. The first-order valence-corrected chi connectivity index (χ1v) is 12.1. The standard InChI is InChI=1S/C25H24N4O4S/c30-25(27-16-21-3-5-22(6-4-21)18-29-14-13-26-19-29)12-9-20-7-10-24(11-8-20)34(31,32)28-17-23-2-1-15-33-23/h1-15,19,28H,16-18H2,(H,27,30)/b12-9+. The highest BCUT2D eigenvalue weighted by molar-refractivity contribution is 7.89. The fourth-order valence-electron chi connectivity index (χ4n) is 3.19. The van der Waals surface area contributed by atoms with Gasteiger partial charge in [0.1, 0.15) is 5.76 Å². The Kier molecular flexibility index (Phi) is 7.36. The Hall–Kier alpha value is -3.95. The highest BCUT2D eigenvalue weighted by Crippen LogP contribution is 2.13. The van der Waals surface area contributed by atoms with Gasteiger partial charge in [-0.2, -0.15) is 0 Å². The van der Waals surface area contributed by atoms with Crippen LogP contribution in [0.2, 0.25) is 0 Å². The molecular formula is C25H24N4O4S. The molecule has 0 aliphatic heterocycles. The second-order valence-corrected chi connectivity index (χ2v) is 9.34. The molecule has 34 heavy (non-hydrogen) atoms. The number of furan rings is 1. The molecule has 2 heterocycles. The molecular weight excluding hydrogens is 452 g/mol. The van der Waals surface area contributed by atoms with E-state index in [-0.39, 0.29) is 17.3 Å². The lowest BCUT2D eigenvalue weighted by Crippen LogP contribution is -2.22. The van der Waals surface area contributed by atoms with Crippen LogP contribution in [0.15, 0.2) is 101 Å². The van der Waals surface area contributed by atoms with Gasteiger partial charge in [0.05, 0.1) is 24.0 Å². The molecule has 0 spiro atoms. The van der Waals surface area contributed by atoms with Crippen LogP contribution in [0.5, 0.6) is 0 Å². The minimum absolute atomic E-state index is 0.0739. The van der Waals surface area contributed by atoms with E-state index in [1.54, 1.807) is 42.9 Å². The normalized spacial score (nSPS) is 11.6. The maximum atomic E-state index is 12.4. The van der Waals surface area contributed by atoms with Gasteiger partial charge in [0.2, 0.25) is 15.9 Å². The molecule has 0 saturated carbocycles. The van der Waals surface area contributed by atoms with Crippen molar-refractivity contribution in [1.82, 2.24) is 19.6 Å². The molecule has 0 aliphatic rings. The molecule has 1 amide bonds. The van der Waals surface area contributed by atoms with Gasteiger partial charge in [-0.3, -0.25) is 4.79 Å². The Bertz CT molecular complexity index is 1330. The van der Waals surface area contributed by atoms with Crippen molar-refractivity contribution in [3.63, 3.8) is 0 Å².